The number of carbonyl (C=O) groups is 1. The summed E-state index contributed by atoms with van der Waals surface area (Å²) in [5.74, 6) is -0.527. The van der Waals surface area contributed by atoms with Gasteiger partial charge in [-0.05, 0) is 96.3 Å². The molecule has 1 saturated carbocycles. The lowest BCUT2D eigenvalue weighted by Crippen LogP contribution is -2.64. The van der Waals surface area contributed by atoms with Crippen molar-refractivity contribution >= 4 is 13.8 Å². The minimum atomic E-state index is -5.05. The van der Waals surface area contributed by atoms with E-state index in [-0.39, 0.29) is 13.0 Å². The molecule has 6 N–H and O–H groups in total. The zero-order chi connectivity index (χ0) is 48.4. The summed E-state index contributed by atoms with van der Waals surface area (Å²) >= 11 is 0. The molecule has 0 heterocycles. The number of allylic oxidation sites excluding steroid dienone is 18. The smallest absolute Gasteiger partial charge is 0.457 e. The van der Waals surface area contributed by atoms with Gasteiger partial charge in [0.1, 0.15) is 42.7 Å². The third kappa shape index (κ3) is 33.5. The average Bonchev–Trinajstić information content (AvgIpc) is 3.30. The molecule has 0 spiro atoms. The monoisotopic (exact) mass is 947 g/mol. The molecule has 0 aromatic rings. The summed E-state index contributed by atoms with van der Waals surface area (Å²) in [5, 5.41) is 50.3. The van der Waals surface area contributed by atoms with Gasteiger partial charge in [-0.1, -0.05) is 162 Å². The third-order valence-corrected chi connectivity index (χ3v) is 11.6. The molecule has 1 aliphatic carbocycles. The Hall–Kier alpha value is -3.00. The van der Waals surface area contributed by atoms with E-state index >= 15 is 0 Å². The summed E-state index contributed by atoms with van der Waals surface area (Å²) < 4.78 is 34.2. The van der Waals surface area contributed by atoms with Crippen LogP contribution in [0.4, 0.5) is 0 Å². The minimum absolute atomic E-state index is 0.108. The van der Waals surface area contributed by atoms with Gasteiger partial charge in [-0.3, -0.25) is 13.8 Å². The summed E-state index contributed by atoms with van der Waals surface area (Å²) in [6.07, 6.45) is 47.2. The van der Waals surface area contributed by atoms with E-state index in [1.807, 2.05) is 0 Å². The maximum Gasteiger partial charge on any atom is 0.472 e. The summed E-state index contributed by atoms with van der Waals surface area (Å²) in [4.78, 5) is 23.2. The molecule has 0 amide bonds. The maximum absolute atomic E-state index is 12.8. The minimum Gasteiger partial charge on any atom is -0.457 e. The van der Waals surface area contributed by atoms with Crippen LogP contribution in [0.2, 0.25) is 0 Å². The molecule has 376 valence electrons. The predicted octanol–water partition coefficient (Wildman–Crippen LogP) is 10.9. The van der Waals surface area contributed by atoms with Crippen LogP contribution in [0.3, 0.4) is 0 Å². The Kier molecular flexibility index (Phi) is 38.9. The van der Waals surface area contributed by atoms with Crippen LogP contribution in [0.1, 0.15) is 155 Å². The van der Waals surface area contributed by atoms with Crippen molar-refractivity contribution in [1.82, 2.24) is 0 Å². The number of phosphoric ester groups is 1. The molecule has 12 nitrogen and oxygen atoms in total. The van der Waals surface area contributed by atoms with Crippen LogP contribution in [0.25, 0.3) is 0 Å². The van der Waals surface area contributed by atoms with Gasteiger partial charge in [-0.2, -0.15) is 0 Å². The van der Waals surface area contributed by atoms with Gasteiger partial charge in [0, 0.05) is 13.0 Å². The van der Waals surface area contributed by atoms with Gasteiger partial charge < -0.3 is 39.9 Å². The van der Waals surface area contributed by atoms with Crippen LogP contribution in [-0.2, 0) is 27.9 Å². The Morgan fingerprint density at radius 1 is 0.485 bits per heavy atom. The first kappa shape index (κ1) is 61.0. The molecule has 0 bridgehead atoms. The van der Waals surface area contributed by atoms with Gasteiger partial charge in [0.05, 0.1) is 13.2 Å². The van der Waals surface area contributed by atoms with Gasteiger partial charge >= 0.3 is 13.8 Å². The van der Waals surface area contributed by atoms with Crippen molar-refractivity contribution in [2.75, 3.05) is 19.8 Å². The molecular weight excluding hydrogens is 860 g/mol. The number of rotatable bonds is 40. The Morgan fingerprint density at radius 3 is 1.29 bits per heavy atom. The van der Waals surface area contributed by atoms with E-state index in [0.717, 1.165) is 103 Å². The molecule has 0 aromatic heterocycles. The van der Waals surface area contributed by atoms with E-state index in [0.29, 0.717) is 13.0 Å². The number of ether oxygens (including phenoxy) is 2. The quantitative estimate of drug-likeness (QED) is 0.0148. The fourth-order valence-corrected chi connectivity index (χ4v) is 7.76. The second kappa shape index (κ2) is 42.1. The van der Waals surface area contributed by atoms with E-state index < -0.39 is 63.1 Å². The molecule has 66 heavy (non-hydrogen) atoms. The highest BCUT2D eigenvalue weighted by Crippen LogP contribution is 2.47. The number of unbranched alkanes of at least 4 members (excludes halogenated alkanes) is 10. The Morgan fingerprint density at radius 2 is 0.848 bits per heavy atom. The Balaban J connectivity index is 2.42. The highest BCUT2D eigenvalue weighted by molar-refractivity contribution is 7.47. The number of carbonyl (C=O) groups excluding carboxylic acids is 1. The molecule has 1 aliphatic rings. The summed E-state index contributed by atoms with van der Waals surface area (Å²) in [6, 6.07) is 0. The first-order valence-corrected chi connectivity index (χ1v) is 26.2. The standard InChI is InChI=1S/C53H87O12P/c1-3-5-7-9-11-13-15-17-19-21-23-24-25-26-28-30-32-34-36-38-40-42-47(54)64-46(45-63-66(60,61)65-53-51(58)49(56)48(55)50(57)52(53)59)44-62-43-41-39-37-35-33-31-29-27-22-20-18-16-14-12-10-8-6-4-2/h5-8,11-14,17-20,23-24,26,28,32,34,46,48-53,55-59H,3-4,9-10,15-16,21-22,25,27,29-31,33,35-45H2,1-2H3,(H,60,61)/b7-5-,8-6-,13-11-,14-12-,19-17-,20-18-,24-23-,28-26-,34-32-. The Labute approximate surface area is 397 Å². The lowest BCUT2D eigenvalue weighted by Gasteiger charge is -2.41. The highest BCUT2D eigenvalue weighted by Gasteiger charge is 2.51. The Bertz CT molecular complexity index is 1500. The maximum atomic E-state index is 12.8. The SMILES string of the molecule is CC/C=C\C/C=C\C/C=C\C/C=C\C/C=C\C/C=C\CCCCC(=O)OC(COCCCCCCCCCC/C=C\C/C=C\C/C=C\CC)COP(=O)(O)OC1C(O)C(O)C(O)C(O)C1O. The van der Waals surface area contributed by atoms with Crippen LogP contribution in [0.5, 0.6) is 0 Å². The van der Waals surface area contributed by atoms with Crippen molar-refractivity contribution in [3.05, 3.63) is 109 Å². The molecule has 0 aromatic carbocycles. The van der Waals surface area contributed by atoms with Gasteiger partial charge in [-0.15, -0.1) is 0 Å². The molecular formula is C53H87O12P. The lowest BCUT2D eigenvalue weighted by atomic mass is 9.85. The van der Waals surface area contributed by atoms with Crippen molar-refractivity contribution < 1.29 is 58.3 Å². The fraction of sp³-hybridized carbons (Fsp3) is 0.642. The van der Waals surface area contributed by atoms with Crippen LogP contribution in [0.15, 0.2) is 109 Å². The number of esters is 1. The molecule has 1 fully saturated rings. The van der Waals surface area contributed by atoms with Crippen LogP contribution in [0, 0.1) is 0 Å². The van der Waals surface area contributed by atoms with Crippen molar-refractivity contribution in [2.24, 2.45) is 0 Å². The topological polar surface area (TPSA) is 192 Å². The van der Waals surface area contributed by atoms with Gasteiger partial charge in [0.25, 0.3) is 0 Å². The normalized spacial score (nSPS) is 22.4. The van der Waals surface area contributed by atoms with Gasteiger partial charge in [0.2, 0.25) is 0 Å². The van der Waals surface area contributed by atoms with Crippen LogP contribution in [-0.4, -0.2) is 98.9 Å². The molecule has 6 atom stereocenters. The van der Waals surface area contributed by atoms with E-state index in [4.69, 9.17) is 18.5 Å². The average molecular weight is 947 g/mol. The van der Waals surface area contributed by atoms with Crippen molar-refractivity contribution in [3.8, 4) is 0 Å². The number of hydrogen-bond acceptors (Lipinski definition) is 11. The zero-order valence-electron chi connectivity index (χ0n) is 40.2. The molecule has 13 heteroatoms. The zero-order valence-corrected chi connectivity index (χ0v) is 41.1. The number of phosphoric acid groups is 1. The second-order valence-electron chi connectivity index (χ2n) is 16.5. The van der Waals surface area contributed by atoms with Crippen LogP contribution < -0.4 is 0 Å². The number of hydrogen-bond donors (Lipinski definition) is 6. The van der Waals surface area contributed by atoms with Gasteiger partial charge in [0.15, 0.2) is 0 Å². The summed E-state index contributed by atoms with van der Waals surface area (Å²) in [6.45, 7) is 3.96. The van der Waals surface area contributed by atoms with E-state index in [1.54, 1.807) is 0 Å². The summed E-state index contributed by atoms with van der Waals surface area (Å²) in [7, 11) is -5.05. The third-order valence-electron chi connectivity index (χ3n) is 10.6. The fourth-order valence-electron chi connectivity index (χ4n) is 6.78. The first-order valence-electron chi connectivity index (χ1n) is 24.7. The molecule has 0 aliphatic heterocycles. The largest absolute Gasteiger partial charge is 0.472 e. The van der Waals surface area contributed by atoms with Gasteiger partial charge in [-0.25, -0.2) is 4.57 Å². The van der Waals surface area contributed by atoms with E-state index in [9.17, 15) is 39.8 Å². The predicted molar refractivity (Wildman–Crippen MR) is 267 cm³/mol. The van der Waals surface area contributed by atoms with Crippen molar-refractivity contribution in [1.29, 1.82) is 0 Å². The van der Waals surface area contributed by atoms with Crippen molar-refractivity contribution in [3.63, 3.8) is 0 Å². The number of aliphatic hydroxyl groups excluding tert-OH is 5. The van der Waals surface area contributed by atoms with E-state index in [1.165, 1.54) is 25.7 Å². The lowest BCUT2D eigenvalue weighted by molar-refractivity contribution is -0.220. The summed E-state index contributed by atoms with van der Waals surface area (Å²) in [5.41, 5.74) is 0. The highest BCUT2D eigenvalue weighted by atomic mass is 31.2. The molecule has 0 radical (unpaired) electrons. The molecule has 1 rings (SSSR count). The second-order valence-corrected chi connectivity index (χ2v) is 18.0. The van der Waals surface area contributed by atoms with Crippen molar-refractivity contribution in [2.45, 2.75) is 198 Å². The molecule has 0 saturated heterocycles. The number of aliphatic hydroxyl groups is 5. The van der Waals surface area contributed by atoms with Crippen LogP contribution >= 0.6 is 7.82 Å². The molecule has 6 unspecified atom stereocenters. The van der Waals surface area contributed by atoms with E-state index in [2.05, 4.69) is 123 Å². The first-order chi connectivity index (χ1) is 32.0.